The van der Waals surface area contributed by atoms with Crippen molar-refractivity contribution in [3.63, 3.8) is 0 Å². The summed E-state index contributed by atoms with van der Waals surface area (Å²) in [4.78, 5) is 0. The summed E-state index contributed by atoms with van der Waals surface area (Å²) >= 11 is 0. The van der Waals surface area contributed by atoms with Gasteiger partial charge in [0.2, 0.25) is 0 Å². The van der Waals surface area contributed by atoms with E-state index in [4.69, 9.17) is 9.05 Å². The number of hydrogen-bond donors (Lipinski definition) is 0. The normalized spacial score (nSPS) is 11.8. The van der Waals surface area contributed by atoms with Gasteiger partial charge in [-0.1, -0.05) is 54.6 Å². The van der Waals surface area contributed by atoms with Crippen LogP contribution in [0.3, 0.4) is 0 Å². The van der Waals surface area contributed by atoms with E-state index in [0.717, 1.165) is 44.5 Å². The summed E-state index contributed by atoms with van der Waals surface area (Å²) in [6.45, 7) is 16.0. The SMILES string of the molecule is Cc1cccc(P(=O)(Oc2cccc(OP(=O)(c3cccc(C)c3C)c3cccc(C)c3C)c2)c2cccc(C)c2C)c1C. The molecule has 0 fully saturated rings. The molecule has 0 radical (unpaired) electrons. The molecule has 0 amide bonds. The van der Waals surface area contributed by atoms with Gasteiger partial charge in [-0.3, -0.25) is 9.13 Å². The minimum absolute atomic E-state index is 0.376. The maximum Gasteiger partial charge on any atom is 0.307 e. The van der Waals surface area contributed by atoms with E-state index in [-0.39, 0.29) is 0 Å². The Morgan fingerprint density at radius 2 is 0.636 bits per heavy atom. The van der Waals surface area contributed by atoms with Gasteiger partial charge in [0.1, 0.15) is 11.5 Å². The first kappa shape index (κ1) is 31.6. The highest BCUT2D eigenvalue weighted by atomic mass is 31.2. The molecule has 0 spiro atoms. The quantitative estimate of drug-likeness (QED) is 0.162. The van der Waals surface area contributed by atoms with Gasteiger partial charge in [0.05, 0.1) is 21.2 Å². The Balaban J connectivity index is 1.65. The van der Waals surface area contributed by atoms with Crippen molar-refractivity contribution in [2.24, 2.45) is 0 Å². The van der Waals surface area contributed by atoms with Crippen LogP contribution in [0.2, 0.25) is 0 Å². The highest BCUT2D eigenvalue weighted by Crippen LogP contribution is 2.51. The van der Waals surface area contributed by atoms with Crippen molar-refractivity contribution in [3.8, 4) is 11.5 Å². The van der Waals surface area contributed by atoms with Crippen LogP contribution in [0.25, 0.3) is 0 Å². The summed E-state index contributed by atoms with van der Waals surface area (Å²) in [5.41, 5.74) is 7.87. The van der Waals surface area contributed by atoms with Gasteiger partial charge in [-0.25, -0.2) is 0 Å². The van der Waals surface area contributed by atoms with Crippen molar-refractivity contribution in [2.75, 3.05) is 0 Å². The standard InChI is InChI=1S/C38H40O4P2/c1-25-14-9-20-35(29(25)5)43(39,36-21-10-15-26(2)30(36)6)41-33-18-13-19-34(24-33)42-44(40,37-22-11-16-27(3)31(37)7)38-23-12-17-28(4)32(38)8/h9-24H,1-8H3. The third kappa shape index (κ3) is 5.70. The van der Waals surface area contributed by atoms with Crippen molar-refractivity contribution in [1.82, 2.24) is 0 Å². The fourth-order valence-corrected chi connectivity index (χ4v) is 10.9. The van der Waals surface area contributed by atoms with E-state index in [0.29, 0.717) is 32.7 Å². The molecule has 5 aromatic carbocycles. The van der Waals surface area contributed by atoms with Crippen molar-refractivity contribution in [1.29, 1.82) is 0 Å². The lowest BCUT2D eigenvalue weighted by Crippen LogP contribution is -2.25. The molecule has 226 valence electrons. The number of benzene rings is 5. The lowest BCUT2D eigenvalue weighted by atomic mass is 10.1. The highest BCUT2D eigenvalue weighted by molar-refractivity contribution is 7.75. The Morgan fingerprint density at radius 3 is 0.909 bits per heavy atom. The number of hydrogen-bond acceptors (Lipinski definition) is 4. The van der Waals surface area contributed by atoms with E-state index in [1.807, 2.05) is 128 Å². The first-order chi connectivity index (χ1) is 20.9. The van der Waals surface area contributed by atoms with E-state index < -0.39 is 14.7 Å². The van der Waals surface area contributed by atoms with Gasteiger partial charge in [-0.15, -0.1) is 0 Å². The number of rotatable bonds is 8. The van der Waals surface area contributed by atoms with Crippen LogP contribution < -0.4 is 30.3 Å². The zero-order valence-electron chi connectivity index (χ0n) is 26.8. The van der Waals surface area contributed by atoms with E-state index in [1.165, 1.54) is 0 Å². The van der Waals surface area contributed by atoms with Crippen LogP contribution in [0.15, 0.2) is 97.1 Å². The molecule has 0 saturated carbocycles. The van der Waals surface area contributed by atoms with E-state index >= 15 is 9.13 Å². The third-order valence-electron chi connectivity index (χ3n) is 8.85. The maximum absolute atomic E-state index is 15.2. The van der Waals surface area contributed by atoms with Crippen LogP contribution in [-0.4, -0.2) is 0 Å². The molecule has 5 rings (SSSR count). The summed E-state index contributed by atoms with van der Waals surface area (Å²) < 4.78 is 43.6. The van der Waals surface area contributed by atoms with E-state index in [2.05, 4.69) is 0 Å². The molecule has 0 atom stereocenters. The zero-order valence-corrected chi connectivity index (χ0v) is 28.6. The molecular formula is C38H40O4P2. The Kier molecular flexibility index (Phi) is 8.81. The Bertz CT molecular complexity index is 1730. The molecule has 0 heterocycles. The summed E-state index contributed by atoms with van der Waals surface area (Å²) in [7, 11) is -7.23. The molecule has 0 saturated heterocycles. The van der Waals surface area contributed by atoms with Gasteiger partial charge < -0.3 is 9.05 Å². The Morgan fingerprint density at radius 1 is 0.386 bits per heavy atom. The summed E-state index contributed by atoms with van der Waals surface area (Å²) in [5, 5.41) is 2.64. The van der Waals surface area contributed by atoms with Gasteiger partial charge >= 0.3 is 14.7 Å². The summed E-state index contributed by atoms with van der Waals surface area (Å²) in [5.74, 6) is 0.752. The van der Waals surface area contributed by atoms with Crippen molar-refractivity contribution in [3.05, 3.63) is 142 Å². The third-order valence-corrected chi connectivity index (χ3v) is 14.3. The monoisotopic (exact) mass is 622 g/mol. The van der Waals surface area contributed by atoms with E-state index in [1.54, 1.807) is 24.3 Å². The predicted octanol–water partition coefficient (Wildman–Crippen LogP) is 8.77. The molecular weight excluding hydrogens is 582 g/mol. The second-order valence-corrected chi connectivity index (χ2v) is 16.1. The molecule has 0 aromatic heterocycles. The lowest BCUT2D eigenvalue weighted by Gasteiger charge is -2.26. The molecule has 0 aliphatic rings. The fraction of sp³-hybridized carbons (Fsp3) is 0.211. The first-order valence-corrected chi connectivity index (χ1v) is 18.1. The molecule has 44 heavy (non-hydrogen) atoms. The maximum atomic E-state index is 15.2. The average molecular weight is 623 g/mol. The van der Waals surface area contributed by atoms with Gasteiger partial charge in [-0.05, 0) is 136 Å². The molecule has 4 nitrogen and oxygen atoms in total. The van der Waals surface area contributed by atoms with Gasteiger partial charge in [0.25, 0.3) is 0 Å². The largest absolute Gasteiger partial charge is 0.437 e. The summed E-state index contributed by atoms with van der Waals surface area (Å²) in [6, 6.07) is 30.3. The molecule has 0 bridgehead atoms. The highest BCUT2D eigenvalue weighted by Gasteiger charge is 2.36. The average Bonchev–Trinajstić information content (AvgIpc) is 2.98. The first-order valence-electron chi connectivity index (χ1n) is 14.8. The van der Waals surface area contributed by atoms with Gasteiger partial charge in [0.15, 0.2) is 0 Å². The second kappa shape index (κ2) is 12.3. The molecule has 0 aliphatic carbocycles. The topological polar surface area (TPSA) is 52.6 Å². The lowest BCUT2D eigenvalue weighted by molar-refractivity contribution is 0.492. The molecule has 0 N–H and O–H groups in total. The molecule has 6 heteroatoms. The van der Waals surface area contributed by atoms with Crippen LogP contribution in [0.1, 0.15) is 44.5 Å². The Labute approximate surface area is 262 Å². The smallest absolute Gasteiger partial charge is 0.307 e. The summed E-state index contributed by atoms with van der Waals surface area (Å²) in [6.07, 6.45) is 0. The van der Waals surface area contributed by atoms with E-state index in [9.17, 15) is 0 Å². The van der Waals surface area contributed by atoms with Crippen LogP contribution in [0.5, 0.6) is 11.5 Å². The van der Waals surface area contributed by atoms with Crippen molar-refractivity contribution in [2.45, 2.75) is 55.4 Å². The fourth-order valence-electron chi connectivity index (χ4n) is 5.56. The van der Waals surface area contributed by atoms with Crippen LogP contribution in [0, 0.1) is 55.4 Å². The van der Waals surface area contributed by atoms with Crippen molar-refractivity contribution >= 4 is 36.0 Å². The predicted molar refractivity (Wildman–Crippen MR) is 185 cm³/mol. The molecule has 5 aromatic rings. The second-order valence-electron chi connectivity index (χ2n) is 11.6. The number of aryl methyl sites for hydroxylation is 4. The van der Waals surface area contributed by atoms with Gasteiger partial charge in [-0.2, -0.15) is 0 Å². The van der Waals surface area contributed by atoms with Crippen LogP contribution >= 0.6 is 14.7 Å². The minimum atomic E-state index is -3.62. The van der Waals surface area contributed by atoms with Crippen LogP contribution in [-0.2, 0) is 9.13 Å². The zero-order chi connectivity index (χ0) is 31.8. The van der Waals surface area contributed by atoms with Crippen molar-refractivity contribution < 1.29 is 18.2 Å². The van der Waals surface area contributed by atoms with Gasteiger partial charge in [0, 0.05) is 6.07 Å². The molecule has 0 unspecified atom stereocenters. The Hall–Kier alpha value is -3.84. The van der Waals surface area contributed by atoms with Crippen LogP contribution in [0.4, 0.5) is 0 Å². The minimum Gasteiger partial charge on any atom is -0.437 e. The molecule has 0 aliphatic heterocycles.